The Labute approximate surface area is 95.1 Å². The predicted octanol–water partition coefficient (Wildman–Crippen LogP) is 2.41. The number of hydrogen-bond donors (Lipinski definition) is 2. The van der Waals surface area contributed by atoms with Crippen molar-refractivity contribution >= 4 is 30.1 Å². The third kappa shape index (κ3) is 1.76. The van der Waals surface area contributed by atoms with Crippen molar-refractivity contribution in [3.8, 4) is 0 Å². The van der Waals surface area contributed by atoms with E-state index in [0.717, 1.165) is 10.9 Å². The first-order valence-electron chi connectivity index (χ1n) is 5.25. The summed E-state index contributed by atoms with van der Waals surface area (Å²) in [7, 11) is -1.44. The lowest BCUT2D eigenvalue weighted by molar-refractivity contribution is 0.0691. The van der Waals surface area contributed by atoms with Gasteiger partial charge in [-0.05, 0) is 11.3 Å². The van der Waals surface area contributed by atoms with Crippen LogP contribution in [-0.4, -0.2) is 24.1 Å². The van der Waals surface area contributed by atoms with E-state index in [0.29, 0.717) is 0 Å². The van der Waals surface area contributed by atoms with E-state index in [1.807, 2.05) is 12.1 Å². The van der Waals surface area contributed by atoms with Gasteiger partial charge in [0, 0.05) is 10.9 Å². The molecule has 4 heteroatoms. The van der Waals surface area contributed by atoms with Crippen molar-refractivity contribution in [2.24, 2.45) is 0 Å². The van der Waals surface area contributed by atoms with E-state index < -0.39 is 14.0 Å². The Balaban J connectivity index is 2.73. The summed E-state index contributed by atoms with van der Waals surface area (Å²) in [6, 6.07) is 7.73. The SMILES string of the molecule is C[Si](C)(C)c1cccc2cc(C(=O)O)[nH]c12. The van der Waals surface area contributed by atoms with Crippen LogP contribution < -0.4 is 5.19 Å². The number of carbonyl (C=O) groups is 1. The van der Waals surface area contributed by atoms with E-state index in [1.165, 1.54) is 5.19 Å². The topological polar surface area (TPSA) is 53.1 Å². The number of nitrogens with one attached hydrogen (secondary N) is 1. The summed E-state index contributed by atoms with van der Waals surface area (Å²) in [6.07, 6.45) is 0. The molecule has 2 N–H and O–H groups in total. The molecule has 0 aliphatic carbocycles. The zero-order valence-electron chi connectivity index (χ0n) is 9.66. The molecule has 0 bridgehead atoms. The number of para-hydroxylation sites is 1. The van der Waals surface area contributed by atoms with Crippen LogP contribution in [0.5, 0.6) is 0 Å². The van der Waals surface area contributed by atoms with Crippen molar-refractivity contribution in [3.05, 3.63) is 30.0 Å². The van der Waals surface area contributed by atoms with Crippen LogP contribution in [-0.2, 0) is 0 Å². The molecule has 3 nitrogen and oxygen atoms in total. The van der Waals surface area contributed by atoms with Crippen molar-refractivity contribution in [2.75, 3.05) is 0 Å². The quantitative estimate of drug-likeness (QED) is 0.783. The van der Waals surface area contributed by atoms with Gasteiger partial charge in [-0.25, -0.2) is 4.79 Å². The second kappa shape index (κ2) is 3.49. The summed E-state index contributed by atoms with van der Waals surface area (Å²) < 4.78 is 0. The average molecular weight is 233 g/mol. The Morgan fingerprint density at radius 2 is 2.00 bits per heavy atom. The van der Waals surface area contributed by atoms with Crippen molar-refractivity contribution in [1.82, 2.24) is 4.98 Å². The van der Waals surface area contributed by atoms with Gasteiger partial charge in [0.2, 0.25) is 0 Å². The van der Waals surface area contributed by atoms with Gasteiger partial charge in [0.25, 0.3) is 0 Å². The van der Waals surface area contributed by atoms with E-state index >= 15 is 0 Å². The lowest BCUT2D eigenvalue weighted by Gasteiger charge is -2.17. The fourth-order valence-corrected chi connectivity index (χ4v) is 3.45. The molecule has 2 aromatic rings. The average Bonchev–Trinajstić information content (AvgIpc) is 2.58. The van der Waals surface area contributed by atoms with Crippen LogP contribution in [0.15, 0.2) is 24.3 Å². The highest BCUT2D eigenvalue weighted by molar-refractivity contribution is 6.90. The molecule has 0 saturated heterocycles. The van der Waals surface area contributed by atoms with Crippen molar-refractivity contribution < 1.29 is 9.90 Å². The van der Waals surface area contributed by atoms with Gasteiger partial charge in [-0.3, -0.25) is 0 Å². The first-order valence-corrected chi connectivity index (χ1v) is 8.75. The van der Waals surface area contributed by atoms with Gasteiger partial charge in [-0.1, -0.05) is 37.8 Å². The van der Waals surface area contributed by atoms with Gasteiger partial charge in [0.1, 0.15) is 5.69 Å². The Kier molecular flexibility index (Phi) is 2.39. The molecule has 0 atom stereocenters. The largest absolute Gasteiger partial charge is 0.477 e. The van der Waals surface area contributed by atoms with Crippen LogP contribution in [0.25, 0.3) is 10.9 Å². The smallest absolute Gasteiger partial charge is 0.352 e. The number of carboxylic acids is 1. The van der Waals surface area contributed by atoms with Crippen LogP contribution in [0.3, 0.4) is 0 Å². The van der Waals surface area contributed by atoms with Gasteiger partial charge in [-0.2, -0.15) is 0 Å². The van der Waals surface area contributed by atoms with Crippen LogP contribution in [0, 0.1) is 0 Å². The molecule has 0 amide bonds. The Morgan fingerprint density at radius 1 is 1.31 bits per heavy atom. The molecule has 1 aromatic heterocycles. The van der Waals surface area contributed by atoms with E-state index in [2.05, 4.69) is 30.7 Å². The summed E-state index contributed by atoms with van der Waals surface area (Å²) >= 11 is 0. The third-order valence-electron chi connectivity index (χ3n) is 2.69. The highest BCUT2D eigenvalue weighted by atomic mass is 28.3. The van der Waals surface area contributed by atoms with E-state index in [-0.39, 0.29) is 5.69 Å². The molecular weight excluding hydrogens is 218 g/mol. The molecule has 16 heavy (non-hydrogen) atoms. The Morgan fingerprint density at radius 3 is 2.56 bits per heavy atom. The molecular formula is C12H15NO2Si. The van der Waals surface area contributed by atoms with Crippen LogP contribution in [0.4, 0.5) is 0 Å². The third-order valence-corrected chi connectivity index (χ3v) is 4.73. The minimum absolute atomic E-state index is 0.265. The van der Waals surface area contributed by atoms with Crippen LogP contribution in [0.2, 0.25) is 19.6 Å². The zero-order chi connectivity index (χ0) is 11.9. The second-order valence-corrected chi connectivity index (χ2v) is 10.0. The molecule has 1 heterocycles. The first kappa shape index (κ1) is 10.9. The molecule has 0 aliphatic heterocycles. The van der Waals surface area contributed by atoms with Crippen molar-refractivity contribution in [2.45, 2.75) is 19.6 Å². The van der Waals surface area contributed by atoms with Crippen molar-refractivity contribution in [3.63, 3.8) is 0 Å². The number of fused-ring (bicyclic) bond motifs is 1. The van der Waals surface area contributed by atoms with Gasteiger partial charge >= 0.3 is 5.97 Å². The summed E-state index contributed by atoms with van der Waals surface area (Å²) in [5.74, 6) is -0.905. The van der Waals surface area contributed by atoms with Gasteiger partial charge in [-0.15, -0.1) is 0 Å². The fraction of sp³-hybridized carbons (Fsp3) is 0.250. The molecule has 0 saturated carbocycles. The van der Waals surface area contributed by atoms with E-state index in [4.69, 9.17) is 5.11 Å². The maximum absolute atomic E-state index is 10.9. The summed E-state index contributed by atoms with van der Waals surface area (Å²) in [5, 5.41) is 11.2. The highest BCUT2D eigenvalue weighted by Crippen LogP contribution is 2.16. The predicted molar refractivity (Wildman–Crippen MR) is 68.2 cm³/mol. The normalized spacial score (nSPS) is 11.9. The standard InChI is InChI=1S/C12H15NO2Si/c1-16(2,3)10-6-4-5-8-7-9(12(14)15)13-11(8)10/h4-7,13H,1-3H3,(H,14,15). The number of aromatic amines is 1. The number of aromatic carboxylic acids is 1. The summed E-state index contributed by atoms with van der Waals surface area (Å²) in [6.45, 7) is 6.76. The molecule has 0 spiro atoms. The Hall–Kier alpha value is -1.55. The second-order valence-electron chi connectivity index (χ2n) is 5.01. The zero-order valence-corrected chi connectivity index (χ0v) is 10.7. The van der Waals surface area contributed by atoms with Gasteiger partial charge in [0.05, 0.1) is 8.07 Å². The molecule has 2 rings (SSSR count). The van der Waals surface area contributed by atoms with Gasteiger partial charge in [0.15, 0.2) is 0 Å². The number of aromatic nitrogens is 1. The monoisotopic (exact) mass is 233 g/mol. The molecule has 0 unspecified atom stereocenters. The van der Waals surface area contributed by atoms with E-state index in [9.17, 15) is 4.79 Å². The highest BCUT2D eigenvalue weighted by Gasteiger charge is 2.20. The lowest BCUT2D eigenvalue weighted by atomic mass is 10.2. The number of hydrogen-bond acceptors (Lipinski definition) is 1. The minimum Gasteiger partial charge on any atom is -0.477 e. The first-order chi connectivity index (χ1) is 7.39. The lowest BCUT2D eigenvalue weighted by Crippen LogP contribution is -2.38. The maximum Gasteiger partial charge on any atom is 0.352 e. The number of carboxylic acid groups (broad SMARTS) is 1. The fourth-order valence-electron chi connectivity index (χ4n) is 1.90. The summed E-state index contributed by atoms with van der Waals surface area (Å²) in [5.41, 5.74) is 1.25. The Bertz CT molecular complexity index is 552. The van der Waals surface area contributed by atoms with Crippen molar-refractivity contribution in [1.29, 1.82) is 0 Å². The molecule has 0 aliphatic rings. The molecule has 0 fully saturated rings. The molecule has 1 aromatic carbocycles. The van der Waals surface area contributed by atoms with Crippen LogP contribution >= 0.6 is 0 Å². The number of benzene rings is 1. The summed E-state index contributed by atoms with van der Waals surface area (Å²) in [4.78, 5) is 13.9. The molecule has 0 radical (unpaired) electrons. The maximum atomic E-state index is 10.9. The van der Waals surface area contributed by atoms with Gasteiger partial charge < -0.3 is 10.1 Å². The minimum atomic E-state index is -1.44. The van der Waals surface area contributed by atoms with Crippen LogP contribution in [0.1, 0.15) is 10.5 Å². The number of H-pyrrole nitrogens is 1. The van der Waals surface area contributed by atoms with E-state index in [1.54, 1.807) is 6.07 Å². The number of rotatable bonds is 2. The molecule has 84 valence electrons.